The molecule has 0 aromatic heterocycles. The van der Waals surface area contributed by atoms with Crippen molar-refractivity contribution in [2.45, 2.75) is 26.3 Å². The lowest BCUT2D eigenvalue weighted by Gasteiger charge is -2.32. The lowest BCUT2D eigenvalue weighted by molar-refractivity contribution is -0.144. The van der Waals surface area contributed by atoms with Crippen LogP contribution in [0.25, 0.3) is 0 Å². The minimum Gasteiger partial charge on any atom is -0.481 e. The van der Waals surface area contributed by atoms with Gasteiger partial charge in [-0.25, -0.2) is 0 Å². The van der Waals surface area contributed by atoms with E-state index in [2.05, 4.69) is 5.32 Å². The lowest BCUT2D eigenvalue weighted by Crippen LogP contribution is -2.48. The third kappa shape index (κ3) is 2.86. The molecule has 20 heavy (non-hydrogen) atoms. The highest BCUT2D eigenvalue weighted by atomic mass is 16.5. The summed E-state index contributed by atoms with van der Waals surface area (Å²) in [6.07, 6.45) is 0.801. The highest BCUT2D eigenvalue weighted by Gasteiger charge is 2.40. The summed E-state index contributed by atoms with van der Waals surface area (Å²) in [5, 5.41) is 12.4. The van der Waals surface area contributed by atoms with Crippen LogP contribution in [0.1, 0.15) is 20.3 Å². The fourth-order valence-electron chi connectivity index (χ4n) is 2.63. The van der Waals surface area contributed by atoms with Crippen molar-refractivity contribution in [1.29, 1.82) is 0 Å². The van der Waals surface area contributed by atoms with Crippen LogP contribution >= 0.6 is 0 Å². The fraction of sp³-hybridized carbons (Fsp3) is 0.714. The first-order valence-corrected chi connectivity index (χ1v) is 7.07. The maximum Gasteiger partial charge on any atom is 0.311 e. The van der Waals surface area contributed by atoms with Crippen molar-refractivity contribution >= 4 is 11.9 Å². The van der Waals surface area contributed by atoms with Crippen molar-refractivity contribution in [2.24, 2.45) is 5.92 Å². The van der Waals surface area contributed by atoms with Gasteiger partial charge in [0, 0.05) is 25.2 Å². The van der Waals surface area contributed by atoms with Crippen LogP contribution in [0.2, 0.25) is 0 Å². The molecule has 1 amide bonds. The average molecular weight is 282 g/mol. The molecule has 2 rings (SSSR count). The van der Waals surface area contributed by atoms with Crippen molar-refractivity contribution in [2.75, 3.05) is 32.8 Å². The van der Waals surface area contributed by atoms with Gasteiger partial charge in [-0.1, -0.05) is 6.92 Å². The van der Waals surface area contributed by atoms with Crippen LogP contribution in [0.4, 0.5) is 0 Å². The van der Waals surface area contributed by atoms with Crippen LogP contribution in [0, 0.1) is 5.92 Å². The van der Waals surface area contributed by atoms with Crippen LogP contribution in [0.5, 0.6) is 0 Å². The zero-order valence-corrected chi connectivity index (χ0v) is 12.0. The third-order valence-corrected chi connectivity index (χ3v) is 4.02. The summed E-state index contributed by atoms with van der Waals surface area (Å²) in [6.45, 7) is 6.37. The molecule has 0 aromatic carbocycles. The monoisotopic (exact) mass is 282 g/mol. The van der Waals surface area contributed by atoms with E-state index in [1.807, 2.05) is 13.8 Å². The molecule has 2 heterocycles. The molecule has 0 radical (unpaired) electrons. The number of carboxylic acids is 1. The zero-order valence-electron chi connectivity index (χ0n) is 12.0. The van der Waals surface area contributed by atoms with E-state index in [-0.39, 0.29) is 18.6 Å². The van der Waals surface area contributed by atoms with Crippen LogP contribution in [0.3, 0.4) is 0 Å². The van der Waals surface area contributed by atoms with E-state index in [1.54, 1.807) is 4.90 Å². The molecule has 2 unspecified atom stereocenters. The SMILES string of the molecule is CCCN(C(=O)C(C)=C1CNC1)C1COCC1C(=O)O. The van der Waals surface area contributed by atoms with Crippen molar-refractivity contribution in [3.8, 4) is 0 Å². The molecule has 2 fully saturated rings. The van der Waals surface area contributed by atoms with E-state index in [0.29, 0.717) is 13.2 Å². The summed E-state index contributed by atoms with van der Waals surface area (Å²) in [4.78, 5) is 25.6. The first-order valence-electron chi connectivity index (χ1n) is 7.07. The number of aliphatic carboxylic acids is 1. The molecular formula is C14H22N2O4. The summed E-state index contributed by atoms with van der Waals surface area (Å²) in [5.74, 6) is -1.56. The number of carbonyl (C=O) groups is 2. The topological polar surface area (TPSA) is 78.9 Å². The van der Waals surface area contributed by atoms with Gasteiger partial charge in [-0.05, 0) is 18.9 Å². The van der Waals surface area contributed by atoms with E-state index in [0.717, 1.165) is 30.7 Å². The van der Waals surface area contributed by atoms with E-state index in [1.165, 1.54) is 0 Å². The van der Waals surface area contributed by atoms with Gasteiger partial charge in [0.2, 0.25) is 5.91 Å². The van der Waals surface area contributed by atoms with Crippen LogP contribution in [0.15, 0.2) is 11.1 Å². The Morgan fingerprint density at radius 3 is 2.60 bits per heavy atom. The quantitative estimate of drug-likeness (QED) is 0.706. The molecule has 2 atom stereocenters. The van der Waals surface area contributed by atoms with Crippen molar-refractivity contribution in [3.05, 3.63) is 11.1 Å². The summed E-state index contributed by atoms with van der Waals surface area (Å²) in [5.41, 5.74) is 1.86. The van der Waals surface area contributed by atoms with Gasteiger partial charge < -0.3 is 20.1 Å². The van der Waals surface area contributed by atoms with Crippen molar-refractivity contribution in [1.82, 2.24) is 10.2 Å². The van der Waals surface area contributed by atoms with Crippen molar-refractivity contribution in [3.63, 3.8) is 0 Å². The Hall–Kier alpha value is -1.40. The Morgan fingerprint density at radius 2 is 2.10 bits per heavy atom. The Balaban J connectivity index is 2.17. The van der Waals surface area contributed by atoms with E-state index in [4.69, 9.17) is 4.74 Å². The third-order valence-electron chi connectivity index (χ3n) is 4.02. The first kappa shape index (κ1) is 15.0. The average Bonchev–Trinajstić information content (AvgIpc) is 2.81. The molecule has 2 N–H and O–H groups in total. The number of ether oxygens (including phenoxy) is 1. The Kier molecular flexibility index (Phi) is 4.77. The van der Waals surface area contributed by atoms with Crippen LogP contribution < -0.4 is 5.32 Å². The van der Waals surface area contributed by atoms with E-state index >= 15 is 0 Å². The molecular weight excluding hydrogens is 260 g/mol. The van der Waals surface area contributed by atoms with Gasteiger partial charge in [0.1, 0.15) is 5.92 Å². The molecule has 0 spiro atoms. The standard InChI is InChI=1S/C14H22N2O4/c1-3-4-16(12-8-20-7-11(12)14(18)19)13(17)9(2)10-5-15-6-10/h11-12,15H,3-8H2,1-2H3,(H,18,19). The second-order valence-electron chi connectivity index (χ2n) is 5.38. The number of carbonyl (C=O) groups excluding carboxylic acids is 1. The minimum absolute atomic E-state index is 0.0508. The largest absolute Gasteiger partial charge is 0.481 e. The molecule has 0 aromatic rings. The first-order chi connectivity index (χ1) is 9.56. The van der Waals surface area contributed by atoms with Gasteiger partial charge in [-0.2, -0.15) is 0 Å². The molecule has 0 bridgehead atoms. The lowest BCUT2D eigenvalue weighted by atomic mass is 9.98. The fourth-order valence-corrected chi connectivity index (χ4v) is 2.63. The summed E-state index contributed by atoms with van der Waals surface area (Å²) in [6, 6.07) is -0.358. The summed E-state index contributed by atoms with van der Waals surface area (Å²) >= 11 is 0. The van der Waals surface area contributed by atoms with Gasteiger partial charge in [0.05, 0.1) is 19.3 Å². The maximum absolute atomic E-state index is 12.6. The maximum atomic E-state index is 12.6. The van der Waals surface area contributed by atoms with Gasteiger partial charge in [0.25, 0.3) is 0 Å². The predicted octanol–water partition coefficient (Wildman–Crippen LogP) is 0.244. The Labute approximate surface area is 118 Å². The molecule has 2 saturated heterocycles. The highest BCUT2D eigenvalue weighted by molar-refractivity contribution is 5.94. The number of hydrogen-bond donors (Lipinski definition) is 2. The molecule has 2 aliphatic rings. The number of amides is 1. The second-order valence-corrected chi connectivity index (χ2v) is 5.38. The zero-order chi connectivity index (χ0) is 14.7. The van der Waals surface area contributed by atoms with Gasteiger partial charge in [-0.3, -0.25) is 9.59 Å². The van der Waals surface area contributed by atoms with Gasteiger partial charge in [-0.15, -0.1) is 0 Å². The van der Waals surface area contributed by atoms with Crippen LogP contribution in [-0.4, -0.2) is 60.8 Å². The molecule has 2 aliphatic heterocycles. The Morgan fingerprint density at radius 1 is 1.40 bits per heavy atom. The predicted molar refractivity (Wildman–Crippen MR) is 73.3 cm³/mol. The van der Waals surface area contributed by atoms with Crippen LogP contribution in [-0.2, 0) is 14.3 Å². The van der Waals surface area contributed by atoms with Gasteiger partial charge in [0.15, 0.2) is 0 Å². The van der Waals surface area contributed by atoms with E-state index < -0.39 is 11.9 Å². The number of hydrogen-bond acceptors (Lipinski definition) is 4. The molecule has 6 heteroatoms. The van der Waals surface area contributed by atoms with Crippen molar-refractivity contribution < 1.29 is 19.4 Å². The number of carboxylic acid groups (broad SMARTS) is 1. The number of nitrogens with one attached hydrogen (secondary N) is 1. The summed E-state index contributed by atoms with van der Waals surface area (Å²) in [7, 11) is 0. The molecule has 0 aliphatic carbocycles. The van der Waals surface area contributed by atoms with Gasteiger partial charge >= 0.3 is 5.97 Å². The highest BCUT2D eigenvalue weighted by Crippen LogP contribution is 2.23. The second kappa shape index (κ2) is 6.37. The smallest absolute Gasteiger partial charge is 0.311 e. The summed E-state index contributed by atoms with van der Waals surface area (Å²) < 4.78 is 5.29. The number of nitrogens with zero attached hydrogens (tertiary/aromatic N) is 1. The normalized spacial score (nSPS) is 25.2. The molecule has 112 valence electrons. The minimum atomic E-state index is -0.892. The molecule has 6 nitrogen and oxygen atoms in total. The van der Waals surface area contributed by atoms with E-state index in [9.17, 15) is 14.7 Å². The Bertz CT molecular complexity index is 427. The molecule has 0 saturated carbocycles. The number of rotatable bonds is 5.